The number of fused-ring (bicyclic) bond motifs is 1. The minimum Gasteiger partial charge on any atom is -0.508 e. The van der Waals surface area contributed by atoms with Crippen LogP contribution in [0.4, 0.5) is 0 Å². The second kappa shape index (κ2) is 4.25. The SMILES string of the molecule is O=C=NC1(c2cc3c(cc2O)CCCC3)CCC1. The van der Waals surface area contributed by atoms with Crippen molar-refractivity contribution < 1.29 is 9.90 Å². The van der Waals surface area contributed by atoms with Crippen LogP contribution in [0.15, 0.2) is 17.1 Å². The second-order valence-electron chi connectivity index (χ2n) is 5.43. The Morgan fingerprint density at radius 2 is 1.78 bits per heavy atom. The summed E-state index contributed by atoms with van der Waals surface area (Å²) in [5, 5.41) is 10.2. The van der Waals surface area contributed by atoms with E-state index in [4.69, 9.17) is 0 Å². The minimum absolute atomic E-state index is 0.300. The number of hydrogen-bond acceptors (Lipinski definition) is 3. The van der Waals surface area contributed by atoms with Crippen molar-refractivity contribution in [3.05, 3.63) is 28.8 Å². The third-order valence-corrected chi connectivity index (χ3v) is 4.40. The Balaban J connectivity index is 2.09. The molecule has 1 fully saturated rings. The molecule has 0 aromatic heterocycles. The normalized spacial score (nSPS) is 20.4. The molecule has 2 aliphatic rings. The Kier molecular flexibility index (Phi) is 2.71. The molecule has 18 heavy (non-hydrogen) atoms. The Morgan fingerprint density at radius 1 is 1.11 bits per heavy atom. The number of aryl methyl sites for hydroxylation is 2. The highest BCUT2D eigenvalue weighted by molar-refractivity contribution is 5.49. The highest BCUT2D eigenvalue weighted by Crippen LogP contribution is 2.48. The van der Waals surface area contributed by atoms with Crippen LogP contribution in [0.1, 0.15) is 48.8 Å². The molecule has 0 radical (unpaired) electrons. The fraction of sp³-hybridized carbons (Fsp3) is 0.533. The smallest absolute Gasteiger partial charge is 0.235 e. The van der Waals surface area contributed by atoms with Gasteiger partial charge in [-0.25, -0.2) is 4.79 Å². The molecule has 0 aliphatic heterocycles. The van der Waals surface area contributed by atoms with Crippen molar-refractivity contribution in [1.29, 1.82) is 0 Å². The third kappa shape index (κ3) is 1.67. The van der Waals surface area contributed by atoms with Crippen LogP contribution in [-0.2, 0) is 23.2 Å². The number of benzene rings is 1. The summed E-state index contributed by atoms with van der Waals surface area (Å²) in [6, 6.07) is 3.95. The van der Waals surface area contributed by atoms with Gasteiger partial charge in [0.1, 0.15) is 11.3 Å². The summed E-state index contributed by atoms with van der Waals surface area (Å²) in [4.78, 5) is 14.6. The maximum absolute atomic E-state index is 10.6. The van der Waals surface area contributed by atoms with E-state index < -0.39 is 5.54 Å². The highest BCUT2D eigenvalue weighted by atomic mass is 16.3. The standard InChI is InChI=1S/C15H17NO2/c17-10-16-15(6-3-7-15)13-8-11-4-1-2-5-12(11)9-14(13)18/h8-9,18H,1-7H2. The number of hydrogen-bond donors (Lipinski definition) is 1. The summed E-state index contributed by atoms with van der Waals surface area (Å²) < 4.78 is 0. The van der Waals surface area contributed by atoms with E-state index in [1.165, 1.54) is 24.0 Å². The van der Waals surface area contributed by atoms with Crippen LogP contribution in [0.5, 0.6) is 5.75 Å². The monoisotopic (exact) mass is 243 g/mol. The molecule has 1 N–H and O–H groups in total. The van der Waals surface area contributed by atoms with Gasteiger partial charge < -0.3 is 5.11 Å². The van der Waals surface area contributed by atoms with Gasteiger partial charge in [0.25, 0.3) is 0 Å². The maximum atomic E-state index is 10.6. The molecule has 0 saturated heterocycles. The summed E-state index contributed by atoms with van der Waals surface area (Å²) >= 11 is 0. The molecule has 0 bridgehead atoms. The second-order valence-corrected chi connectivity index (χ2v) is 5.43. The maximum Gasteiger partial charge on any atom is 0.235 e. The first-order valence-corrected chi connectivity index (χ1v) is 6.69. The molecule has 0 heterocycles. The van der Waals surface area contributed by atoms with E-state index in [1.54, 1.807) is 6.08 Å². The van der Waals surface area contributed by atoms with Crippen LogP contribution >= 0.6 is 0 Å². The summed E-state index contributed by atoms with van der Waals surface area (Å²) in [6.07, 6.45) is 8.95. The van der Waals surface area contributed by atoms with Gasteiger partial charge in [-0.1, -0.05) is 0 Å². The van der Waals surface area contributed by atoms with Crippen LogP contribution in [0.25, 0.3) is 0 Å². The molecule has 3 nitrogen and oxygen atoms in total. The number of phenolic OH excluding ortho intramolecular Hbond substituents is 1. The van der Waals surface area contributed by atoms with Crippen molar-refractivity contribution in [3.63, 3.8) is 0 Å². The van der Waals surface area contributed by atoms with Crippen molar-refractivity contribution in [2.75, 3.05) is 0 Å². The largest absolute Gasteiger partial charge is 0.508 e. The van der Waals surface area contributed by atoms with Gasteiger partial charge in [-0.3, -0.25) is 0 Å². The van der Waals surface area contributed by atoms with Gasteiger partial charge in [-0.2, -0.15) is 4.99 Å². The van der Waals surface area contributed by atoms with Gasteiger partial charge in [0.2, 0.25) is 6.08 Å². The number of rotatable bonds is 2. The van der Waals surface area contributed by atoms with Crippen LogP contribution < -0.4 is 0 Å². The van der Waals surface area contributed by atoms with Gasteiger partial charge in [0, 0.05) is 5.56 Å². The fourth-order valence-corrected chi connectivity index (χ4v) is 3.19. The summed E-state index contributed by atoms with van der Waals surface area (Å²) in [5.74, 6) is 0.300. The van der Waals surface area contributed by atoms with E-state index >= 15 is 0 Å². The number of nitrogens with zero attached hydrogens (tertiary/aromatic N) is 1. The number of aromatic hydroxyl groups is 1. The van der Waals surface area contributed by atoms with Crippen molar-refractivity contribution in [1.82, 2.24) is 0 Å². The van der Waals surface area contributed by atoms with Crippen molar-refractivity contribution in [2.45, 2.75) is 50.5 Å². The van der Waals surface area contributed by atoms with E-state index in [0.717, 1.165) is 37.7 Å². The topological polar surface area (TPSA) is 49.7 Å². The average Bonchev–Trinajstić information content (AvgIpc) is 2.33. The van der Waals surface area contributed by atoms with Gasteiger partial charge in [0.05, 0.1) is 0 Å². The molecule has 1 aromatic rings. The van der Waals surface area contributed by atoms with Crippen LogP contribution in [0, 0.1) is 0 Å². The Labute approximate surface area is 107 Å². The summed E-state index contributed by atoms with van der Waals surface area (Å²) in [7, 11) is 0. The zero-order valence-electron chi connectivity index (χ0n) is 10.4. The summed E-state index contributed by atoms with van der Waals surface area (Å²) in [6.45, 7) is 0. The van der Waals surface area contributed by atoms with Gasteiger partial charge in [0.15, 0.2) is 0 Å². The van der Waals surface area contributed by atoms with Gasteiger partial charge in [-0.05, 0) is 68.2 Å². The molecule has 0 atom stereocenters. The first-order valence-electron chi connectivity index (χ1n) is 6.69. The molecular formula is C15H17NO2. The van der Waals surface area contributed by atoms with Crippen LogP contribution in [0.2, 0.25) is 0 Å². The number of aliphatic imine (C=N–C) groups is 1. The van der Waals surface area contributed by atoms with Gasteiger partial charge in [-0.15, -0.1) is 0 Å². The Morgan fingerprint density at radius 3 is 2.33 bits per heavy atom. The number of carbonyl (C=O) groups excluding carboxylic acids is 1. The average molecular weight is 243 g/mol. The van der Waals surface area contributed by atoms with E-state index in [9.17, 15) is 9.90 Å². The predicted octanol–water partition coefficient (Wildman–Crippen LogP) is 2.99. The lowest BCUT2D eigenvalue weighted by molar-refractivity contribution is 0.247. The molecule has 0 unspecified atom stereocenters. The molecule has 2 aliphatic carbocycles. The molecule has 3 heteroatoms. The third-order valence-electron chi connectivity index (χ3n) is 4.40. The molecule has 0 spiro atoms. The van der Waals surface area contributed by atoms with E-state index in [2.05, 4.69) is 11.1 Å². The molecule has 94 valence electrons. The first kappa shape index (κ1) is 11.5. The molecule has 1 saturated carbocycles. The van der Waals surface area contributed by atoms with Gasteiger partial charge >= 0.3 is 0 Å². The molecular weight excluding hydrogens is 226 g/mol. The Bertz CT molecular complexity index is 526. The van der Waals surface area contributed by atoms with Crippen molar-refractivity contribution in [3.8, 4) is 5.75 Å². The lowest BCUT2D eigenvalue weighted by Crippen LogP contribution is -2.32. The molecule has 3 rings (SSSR count). The first-order chi connectivity index (χ1) is 8.75. The zero-order valence-corrected chi connectivity index (χ0v) is 10.4. The minimum atomic E-state index is -0.488. The van der Waals surface area contributed by atoms with Crippen molar-refractivity contribution >= 4 is 6.08 Å². The Hall–Kier alpha value is -1.60. The predicted molar refractivity (Wildman–Crippen MR) is 68.4 cm³/mol. The summed E-state index contributed by atoms with van der Waals surface area (Å²) in [5.41, 5.74) is 2.92. The van der Waals surface area contributed by atoms with E-state index in [-0.39, 0.29) is 0 Å². The lowest BCUT2D eigenvalue weighted by Gasteiger charge is -2.38. The van der Waals surface area contributed by atoms with Crippen LogP contribution in [0.3, 0.4) is 0 Å². The molecule has 0 amide bonds. The number of phenols is 1. The number of isocyanates is 1. The van der Waals surface area contributed by atoms with Crippen molar-refractivity contribution in [2.24, 2.45) is 4.99 Å². The lowest BCUT2D eigenvalue weighted by atomic mass is 9.71. The van der Waals surface area contributed by atoms with Crippen LogP contribution in [-0.4, -0.2) is 11.2 Å². The zero-order chi connectivity index (χ0) is 12.6. The fourth-order valence-electron chi connectivity index (χ4n) is 3.19. The van der Waals surface area contributed by atoms with E-state index in [0.29, 0.717) is 5.75 Å². The highest BCUT2D eigenvalue weighted by Gasteiger charge is 2.41. The quantitative estimate of drug-likeness (QED) is 0.641. The van der Waals surface area contributed by atoms with E-state index in [1.807, 2.05) is 6.07 Å². The molecule has 1 aromatic carbocycles.